The second kappa shape index (κ2) is 5.19. The van der Waals surface area contributed by atoms with Crippen LogP contribution in [0.1, 0.15) is 11.1 Å². The molecule has 0 spiro atoms. The summed E-state index contributed by atoms with van der Waals surface area (Å²) in [5, 5.41) is 8.86. The normalized spacial score (nSPS) is 9.78. The van der Waals surface area contributed by atoms with Crippen LogP contribution in [-0.4, -0.2) is 12.0 Å². The highest BCUT2D eigenvalue weighted by molar-refractivity contribution is 5.45. The quantitative estimate of drug-likeness (QED) is 0.890. The molecule has 1 aromatic carbocycles. The van der Waals surface area contributed by atoms with E-state index in [1.54, 1.807) is 12.1 Å². The molecule has 0 fully saturated rings. The van der Waals surface area contributed by atoms with Crippen LogP contribution in [0.3, 0.4) is 0 Å². The fourth-order valence-corrected chi connectivity index (χ4v) is 1.75. The second-order valence-electron chi connectivity index (χ2n) is 4.09. The van der Waals surface area contributed by atoms with Gasteiger partial charge in [0.2, 0.25) is 0 Å². The number of nitriles is 1. The molecule has 0 radical (unpaired) electrons. The summed E-state index contributed by atoms with van der Waals surface area (Å²) in [6.07, 6.45) is 0. The molecule has 2 N–H and O–H groups in total. The van der Waals surface area contributed by atoms with Crippen molar-refractivity contribution in [2.75, 3.05) is 17.7 Å². The van der Waals surface area contributed by atoms with Crippen molar-refractivity contribution in [3.63, 3.8) is 0 Å². The molecule has 0 saturated carbocycles. The molecule has 0 atom stereocenters. The minimum Gasteiger partial charge on any atom is -0.384 e. The first kappa shape index (κ1) is 11.9. The van der Waals surface area contributed by atoms with Gasteiger partial charge < -0.3 is 10.6 Å². The van der Waals surface area contributed by atoms with Crippen molar-refractivity contribution in [1.29, 1.82) is 5.26 Å². The zero-order valence-corrected chi connectivity index (χ0v) is 10.2. The smallest absolute Gasteiger partial charge is 0.130 e. The van der Waals surface area contributed by atoms with E-state index in [1.165, 1.54) is 0 Å². The zero-order valence-electron chi connectivity index (χ0n) is 10.2. The van der Waals surface area contributed by atoms with Gasteiger partial charge in [0.05, 0.1) is 11.6 Å². The van der Waals surface area contributed by atoms with Crippen LogP contribution >= 0.6 is 0 Å². The average molecular weight is 238 g/mol. The summed E-state index contributed by atoms with van der Waals surface area (Å²) in [5.41, 5.74) is 7.39. The van der Waals surface area contributed by atoms with E-state index in [1.807, 2.05) is 42.3 Å². The third-order valence-corrected chi connectivity index (χ3v) is 2.62. The number of rotatable bonds is 3. The minimum absolute atomic E-state index is 0.505. The van der Waals surface area contributed by atoms with Gasteiger partial charge in [-0.25, -0.2) is 4.98 Å². The van der Waals surface area contributed by atoms with Crippen LogP contribution in [0.15, 0.2) is 42.5 Å². The van der Waals surface area contributed by atoms with Gasteiger partial charge >= 0.3 is 0 Å². The largest absolute Gasteiger partial charge is 0.384 e. The summed E-state index contributed by atoms with van der Waals surface area (Å²) in [7, 11) is 1.95. The Morgan fingerprint density at radius 2 is 2.06 bits per heavy atom. The third-order valence-electron chi connectivity index (χ3n) is 2.62. The summed E-state index contributed by atoms with van der Waals surface area (Å²) in [6, 6.07) is 15.2. The third kappa shape index (κ3) is 2.77. The zero-order chi connectivity index (χ0) is 13.0. The Kier molecular flexibility index (Phi) is 3.44. The number of nitrogen functional groups attached to an aromatic ring is 1. The lowest BCUT2D eigenvalue weighted by atomic mass is 10.1. The Morgan fingerprint density at radius 3 is 2.78 bits per heavy atom. The highest BCUT2D eigenvalue weighted by atomic mass is 15.2. The first-order valence-corrected chi connectivity index (χ1v) is 5.62. The standard InChI is InChI=1S/C14H14N4/c1-18(14-7-3-6-13(16)17-14)10-12-5-2-4-11(8-12)9-15/h2-8H,10H2,1H3,(H2,16,17). The summed E-state index contributed by atoms with van der Waals surface area (Å²) >= 11 is 0. The van der Waals surface area contributed by atoms with Crippen LogP contribution in [-0.2, 0) is 6.54 Å². The number of anilines is 2. The molecule has 18 heavy (non-hydrogen) atoms. The van der Waals surface area contributed by atoms with Crippen LogP contribution in [0.25, 0.3) is 0 Å². The average Bonchev–Trinajstić information content (AvgIpc) is 2.39. The summed E-state index contributed by atoms with van der Waals surface area (Å²) in [5.74, 6) is 1.32. The molecule has 4 heteroatoms. The molecule has 4 nitrogen and oxygen atoms in total. The van der Waals surface area contributed by atoms with Crippen LogP contribution in [0.5, 0.6) is 0 Å². The molecule has 0 amide bonds. The molecular formula is C14H14N4. The van der Waals surface area contributed by atoms with Crippen molar-refractivity contribution >= 4 is 11.6 Å². The maximum atomic E-state index is 8.86. The number of hydrogen-bond donors (Lipinski definition) is 1. The molecule has 2 aromatic rings. The highest BCUT2D eigenvalue weighted by Gasteiger charge is 2.04. The monoisotopic (exact) mass is 238 g/mol. The molecule has 0 saturated heterocycles. The van der Waals surface area contributed by atoms with Gasteiger partial charge in [0.15, 0.2) is 0 Å². The lowest BCUT2D eigenvalue weighted by Crippen LogP contribution is -2.18. The Morgan fingerprint density at radius 1 is 1.28 bits per heavy atom. The first-order chi connectivity index (χ1) is 8.69. The predicted molar refractivity (Wildman–Crippen MR) is 71.9 cm³/mol. The van der Waals surface area contributed by atoms with Crippen molar-refractivity contribution in [2.24, 2.45) is 0 Å². The van der Waals surface area contributed by atoms with Crippen LogP contribution in [0.2, 0.25) is 0 Å². The number of nitrogens with zero attached hydrogens (tertiary/aromatic N) is 3. The summed E-state index contributed by atoms with van der Waals surface area (Å²) in [4.78, 5) is 6.24. The lowest BCUT2D eigenvalue weighted by Gasteiger charge is -2.18. The fraction of sp³-hybridized carbons (Fsp3) is 0.143. The van der Waals surface area contributed by atoms with Crippen molar-refractivity contribution in [3.05, 3.63) is 53.6 Å². The molecule has 0 aliphatic heterocycles. The molecule has 0 aliphatic carbocycles. The van der Waals surface area contributed by atoms with Gasteiger partial charge in [0.1, 0.15) is 11.6 Å². The van der Waals surface area contributed by atoms with Gasteiger partial charge in [0.25, 0.3) is 0 Å². The number of pyridine rings is 1. The Bertz CT molecular complexity index is 586. The summed E-state index contributed by atoms with van der Waals surface area (Å²) < 4.78 is 0. The van der Waals surface area contributed by atoms with E-state index >= 15 is 0 Å². The van der Waals surface area contributed by atoms with E-state index in [0.29, 0.717) is 17.9 Å². The van der Waals surface area contributed by atoms with E-state index in [-0.39, 0.29) is 0 Å². The van der Waals surface area contributed by atoms with E-state index in [2.05, 4.69) is 11.1 Å². The maximum Gasteiger partial charge on any atom is 0.130 e. The molecule has 2 rings (SSSR count). The Labute approximate surface area is 106 Å². The SMILES string of the molecule is CN(Cc1cccc(C#N)c1)c1cccc(N)n1. The summed E-state index contributed by atoms with van der Waals surface area (Å²) in [6.45, 7) is 0.686. The van der Waals surface area contributed by atoms with Gasteiger partial charge in [-0.1, -0.05) is 18.2 Å². The van der Waals surface area contributed by atoms with E-state index in [9.17, 15) is 0 Å². The van der Waals surface area contributed by atoms with Crippen LogP contribution in [0.4, 0.5) is 11.6 Å². The van der Waals surface area contributed by atoms with Crippen LogP contribution in [0, 0.1) is 11.3 Å². The Hall–Kier alpha value is -2.54. The fourth-order valence-electron chi connectivity index (χ4n) is 1.75. The maximum absolute atomic E-state index is 8.86. The molecule has 90 valence electrons. The van der Waals surface area contributed by atoms with E-state index in [0.717, 1.165) is 11.4 Å². The van der Waals surface area contributed by atoms with E-state index in [4.69, 9.17) is 11.0 Å². The highest BCUT2D eigenvalue weighted by Crippen LogP contribution is 2.14. The molecule has 0 unspecified atom stereocenters. The van der Waals surface area contributed by atoms with Crippen molar-refractivity contribution in [3.8, 4) is 6.07 Å². The number of hydrogen-bond acceptors (Lipinski definition) is 4. The van der Waals surface area contributed by atoms with Gasteiger partial charge in [-0.05, 0) is 29.8 Å². The molecule has 0 aliphatic rings. The predicted octanol–water partition coefficient (Wildman–Crippen LogP) is 2.17. The van der Waals surface area contributed by atoms with Gasteiger partial charge in [-0.3, -0.25) is 0 Å². The topological polar surface area (TPSA) is 65.9 Å². The number of benzene rings is 1. The van der Waals surface area contributed by atoms with Crippen LogP contribution < -0.4 is 10.6 Å². The van der Waals surface area contributed by atoms with Gasteiger partial charge in [-0.15, -0.1) is 0 Å². The Balaban J connectivity index is 2.16. The van der Waals surface area contributed by atoms with E-state index < -0.39 is 0 Å². The second-order valence-corrected chi connectivity index (χ2v) is 4.09. The van der Waals surface area contributed by atoms with Gasteiger partial charge in [0, 0.05) is 13.6 Å². The number of aromatic nitrogens is 1. The molecule has 1 heterocycles. The van der Waals surface area contributed by atoms with Crippen molar-refractivity contribution in [2.45, 2.75) is 6.54 Å². The lowest BCUT2D eigenvalue weighted by molar-refractivity contribution is 0.899. The van der Waals surface area contributed by atoms with Crippen molar-refractivity contribution < 1.29 is 0 Å². The van der Waals surface area contributed by atoms with Gasteiger partial charge in [-0.2, -0.15) is 5.26 Å². The molecule has 0 bridgehead atoms. The molecule has 1 aromatic heterocycles. The first-order valence-electron chi connectivity index (χ1n) is 5.62. The minimum atomic E-state index is 0.505. The molecular weight excluding hydrogens is 224 g/mol. The van der Waals surface area contributed by atoms with Crippen molar-refractivity contribution in [1.82, 2.24) is 4.98 Å². The number of nitrogens with two attached hydrogens (primary N) is 1.